The van der Waals surface area contributed by atoms with E-state index in [1.54, 1.807) is 0 Å². The molecule has 0 radical (unpaired) electrons. The zero-order valence-corrected chi connectivity index (χ0v) is 11.1. The molecule has 2 heteroatoms. The third kappa shape index (κ3) is 3.17. The normalized spacial score (nSPS) is 12.3. The van der Waals surface area contributed by atoms with Gasteiger partial charge in [-0.05, 0) is 36.7 Å². The summed E-state index contributed by atoms with van der Waals surface area (Å²) in [6.45, 7) is 2.20. The average Bonchev–Trinajstić information content (AvgIpc) is 2.42. The number of rotatable bonds is 5. The Bertz CT molecular complexity index is 475. The van der Waals surface area contributed by atoms with E-state index in [0.717, 1.165) is 18.5 Å². The highest BCUT2D eigenvalue weighted by atomic mass is 14.9. The average molecular weight is 240 g/mol. The van der Waals surface area contributed by atoms with Crippen LogP contribution in [0.5, 0.6) is 0 Å². The quantitative estimate of drug-likeness (QED) is 0.867. The van der Waals surface area contributed by atoms with Crippen molar-refractivity contribution in [1.82, 2.24) is 10.3 Å². The maximum atomic E-state index is 4.37. The zero-order chi connectivity index (χ0) is 12.8. The summed E-state index contributed by atoms with van der Waals surface area (Å²) in [4.78, 5) is 4.37. The smallest absolute Gasteiger partial charge is 0.0447 e. The second-order valence-electron chi connectivity index (χ2n) is 4.49. The van der Waals surface area contributed by atoms with E-state index < -0.39 is 0 Å². The van der Waals surface area contributed by atoms with E-state index in [2.05, 4.69) is 47.6 Å². The summed E-state index contributed by atoms with van der Waals surface area (Å²) in [5.74, 6) is 0. The Balaban J connectivity index is 2.17. The van der Waals surface area contributed by atoms with Gasteiger partial charge in [0.1, 0.15) is 0 Å². The summed E-state index contributed by atoms with van der Waals surface area (Å²) < 4.78 is 0. The molecule has 0 spiro atoms. The predicted octanol–water partition coefficient (Wildman–Crippen LogP) is 3.34. The van der Waals surface area contributed by atoms with Gasteiger partial charge in [-0.15, -0.1) is 0 Å². The largest absolute Gasteiger partial charge is 0.313 e. The Kier molecular flexibility index (Phi) is 4.48. The molecule has 1 aromatic carbocycles. The van der Waals surface area contributed by atoms with E-state index >= 15 is 0 Å². The highest BCUT2D eigenvalue weighted by Gasteiger charge is 2.07. The summed E-state index contributed by atoms with van der Waals surface area (Å²) in [6, 6.07) is 15.3. The molecule has 0 fully saturated rings. The van der Waals surface area contributed by atoms with Gasteiger partial charge in [0.05, 0.1) is 0 Å². The first kappa shape index (κ1) is 12.8. The highest BCUT2D eigenvalue weighted by Crippen LogP contribution is 2.18. The van der Waals surface area contributed by atoms with Gasteiger partial charge in [-0.2, -0.15) is 0 Å². The van der Waals surface area contributed by atoms with Crippen molar-refractivity contribution in [2.24, 2.45) is 0 Å². The Labute approximate surface area is 109 Å². The van der Waals surface area contributed by atoms with Crippen LogP contribution in [0.3, 0.4) is 0 Å². The molecule has 0 bridgehead atoms. The molecule has 2 aromatic rings. The fourth-order valence-electron chi connectivity index (χ4n) is 2.24. The first-order chi connectivity index (χ1) is 8.83. The molecule has 1 atom stereocenters. The number of pyridine rings is 1. The van der Waals surface area contributed by atoms with Crippen molar-refractivity contribution < 1.29 is 0 Å². The molecule has 94 valence electrons. The van der Waals surface area contributed by atoms with Gasteiger partial charge in [-0.3, -0.25) is 4.98 Å². The van der Waals surface area contributed by atoms with Crippen LogP contribution in [0.2, 0.25) is 0 Å². The third-order valence-corrected chi connectivity index (χ3v) is 3.22. The third-order valence-electron chi connectivity index (χ3n) is 3.22. The van der Waals surface area contributed by atoms with E-state index in [9.17, 15) is 0 Å². The molecule has 0 aliphatic rings. The van der Waals surface area contributed by atoms with Crippen molar-refractivity contribution in [2.75, 3.05) is 7.05 Å². The molecule has 1 heterocycles. The minimum absolute atomic E-state index is 0.439. The van der Waals surface area contributed by atoms with Crippen molar-refractivity contribution >= 4 is 0 Å². The van der Waals surface area contributed by atoms with Gasteiger partial charge in [0.2, 0.25) is 0 Å². The summed E-state index contributed by atoms with van der Waals surface area (Å²) in [5, 5.41) is 3.34. The lowest BCUT2D eigenvalue weighted by Gasteiger charge is -2.15. The molecule has 2 nitrogen and oxygen atoms in total. The van der Waals surface area contributed by atoms with Crippen LogP contribution in [0.25, 0.3) is 0 Å². The van der Waals surface area contributed by atoms with Crippen LogP contribution in [0.1, 0.15) is 36.2 Å². The summed E-state index contributed by atoms with van der Waals surface area (Å²) in [7, 11) is 2.01. The maximum Gasteiger partial charge on any atom is 0.0447 e. The van der Waals surface area contributed by atoms with Crippen LogP contribution in [0, 0.1) is 0 Å². The van der Waals surface area contributed by atoms with Crippen LogP contribution in [-0.4, -0.2) is 12.0 Å². The molecule has 0 saturated heterocycles. The van der Waals surface area contributed by atoms with Crippen molar-refractivity contribution in [3.63, 3.8) is 0 Å². The second-order valence-corrected chi connectivity index (χ2v) is 4.49. The van der Waals surface area contributed by atoms with E-state index in [1.165, 1.54) is 11.1 Å². The fraction of sp³-hybridized carbons (Fsp3) is 0.312. The van der Waals surface area contributed by atoms with Crippen LogP contribution < -0.4 is 5.32 Å². The number of hydrogen-bond donors (Lipinski definition) is 1. The lowest BCUT2D eigenvalue weighted by atomic mass is 10.00. The molecule has 1 N–H and O–H groups in total. The number of nitrogens with one attached hydrogen (secondary N) is 1. The van der Waals surface area contributed by atoms with Crippen LogP contribution >= 0.6 is 0 Å². The molecular weight excluding hydrogens is 220 g/mol. The summed E-state index contributed by atoms with van der Waals surface area (Å²) in [5.41, 5.74) is 3.79. The van der Waals surface area contributed by atoms with Crippen molar-refractivity contribution in [3.05, 3.63) is 65.5 Å². The number of aromatic nitrogens is 1. The standard InChI is InChI=1S/C16H20N2/c1-3-16(17-2)14-8-6-7-13(11-14)12-15-9-4-5-10-18-15/h4-11,16-17H,3,12H2,1-2H3. The summed E-state index contributed by atoms with van der Waals surface area (Å²) >= 11 is 0. The number of benzene rings is 1. The van der Waals surface area contributed by atoms with E-state index in [-0.39, 0.29) is 0 Å². The topological polar surface area (TPSA) is 24.9 Å². The van der Waals surface area contributed by atoms with Crippen LogP contribution in [0.15, 0.2) is 48.7 Å². The van der Waals surface area contributed by atoms with Crippen LogP contribution in [0.4, 0.5) is 0 Å². The number of hydrogen-bond acceptors (Lipinski definition) is 2. The Morgan fingerprint density at radius 3 is 2.72 bits per heavy atom. The second kappa shape index (κ2) is 6.31. The van der Waals surface area contributed by atoms with Gasteiger partial charge in [-0.25, -0.2) is 0 Å². The fourth-order valence-corrected chi connectivity index (χ4v) is 2.24. The Morgan fingerprint density at radius 1 is 1.17 bits per heavy atom. The van der Waals surface area contributed by atoms with Gasteiger partial charge >= 0.3 is 0 Å². The summed E-state index contributed by atoms with van der Waals surface area (Å²) in [6.07, 6.45) is 3.85. The molecular formula is C16H20N2. The van der Waals surface area contributed by atoms with E-state index in [1.807, 2.05) is 25.4 Å². The van der Waals surface area contributed by atoms with Crippen molar-refractivity contribution in [3.8, 4) is 0 Å². The monoisotopic (exact) mass is 240 g/mol. The first-order valence-corrected chi connectivity index (χ1v) is 6.49. The van der Waals surface area contributed by atoms with Gasteiger partial charge in [0, 0.05) is 24.4 Å². The van der Waals surface area contributed by atoms with Crippen LogP contribution in [-0.2, 0) is 6.42 Å². The molecule has 1 aromatic heterocycles. The van der Waals surface area contributed by atoms with E-state index in [0.29, 0.717) is 6.04 Å². The molecule has 0 amide bonds. The van der Waals surface area contributed by atoms with Crippen molar-refractivity contribution in [1.29, 1.82) is 0 Å². The highest BCUT2D eigenvalue weighted by molar-refractivity contribution is 5.29. The van der Waals surface area contributed by atoms with Crippen molar-refractivity contribution in [2.45, 2.75) is 25.8 Å². The molecule has 0 aliphatic carbocycles. The molecule has 0 saturated carbocycles. The van der Waals surface area contributed by atoms with E-state index in [4.69, 9.17) is 0 Å². The minimum Gasteiger partial charge on any atom is -0.313 e. The maximum absolute atomic E-state index is 4.37. The van der Waals surface area contributed by atoms with Gasteiger partial charge in [0.15, 0.2) is 0 Å². The lowest BCUT2D eigenvalue weighted by molar-refractivity contribution is 0.576. The Hall–Kier alpha value is -1.67. The predicted molar refractivity (Wildman–Crippen MR) is 75.6 cm³/mol. The molecule has 1 unspecified atom stereocenters. The zero-order valence-electron chi connectivity index (χ0n) is 11.1. The number of nitrogens with zero attached hydrogens (tertiary/aromatic N) is 1. The Morgan fingerprint density at radius 2 is 2.06 bits per heavy atom. The van der Waals surface area contributed by atoms with Gasteiger partial charge in [0.25, 0.3) is 0 Å². The van der Waals surface area contributed by atoms with Gasteiger partial charge < -0.3 is 5.32 Å². The minimum atomic E-state index is 0.439. The molecule has 2 rings (SSSR count). The molecule has 0 aliphatic heterocycles. The first-order valence-electron chi connectivity index (χ1n) is 6.49. The SMILES string of the molecule is CCC(NC)c1cccc(Cc2ccccn2)c1. The van der Waals surface area contributed by atoms with Gasteiger partial charge in [-0.1, -0.05) is 37.3 Å². The molecule has 18 heavy (non-hydrogen) atoms. The lowest BCUT2D eigenvalue weighted by Crippen LogP contribution is -2.15.